The van der Waals surface area contributed by atoms with Gasteiger partial charge in [-0.2, -0.15) is 0 Å². The van der Waals surface area contributed by atoms with Crippen molar-refractivity contribution in [3.05, 3.63) is 54.7 Å². The number of anilines is 1. The van der Waals surface area contributed by atoms with E-state index in [0.29, 0.717) is 5.56 Å². The molecule has 0 spiro atoms. The van der Waals surface area contributed by atoms with E-state index in [-0.39, 0.29) is 16.7 Å². The second kappa shape index (κ2) is 5.66. The first-order chi connectivity index (χ1) is 10.1. The van der Waals surface area contributed by atoms with E-state index in [4.69, 9.17) is 11.6 Å². The largest absolute Gasteiger partial charge is 0.378 e. The molecule has 0 bridgehead atoms. The van der Waals surface area contributed by atoms with Gasteiger partial charge in [-0.05, 0) is 43.9 Å². The lowest BCUT2D eigenvalue weighted by Gasteiger charge is -2.25. The fraction of sp³-hybridized carbons (Fsp3) is 0.333. The number of aryl methyl sites for hydroxylation is 1. The van der Waals surface area contributed by atoms with E-state index in [1.54, 1.807) is 24.3 Å². The van der Waals surface area contributed by atoms with E-state index >= 15 is 0 Å². The van der Waals surface area contributed by atoms with Crippen LogP contribution in [0.1, 0.15) is 34.9 Å². The maximum absolute atomic E-state index is 11.0. The average Bonchev–Trinajstić information content (AvgIpc) is 2.82. The molecule has 1 unspecified atom stereocenters. The molecule has 0 saturated heterocycles. The lowest BCUT2D eigenvalue weighted by atomic mass is 9.93. The number of nitrogens with one attached hydrogen (secondary N) is 1. The molecular weight excluding hydrogens is 308 g/mol. The summed E-state index contributed by atoms with van der Waals surface area (Å²) in [4.78, 5) is 12.0. The minimum Gasteiger partial charge on any atom is -0.378 e. The van der Waals surface area contributed by atoms with E-state index in [1.165, 1.54) is 16.5 Å². The Morgan fingerprint density at radius 2 is 2.29 bits per heavy atom. The number of hydrogen-bond donors (Lipinski definition) is 1. The van der Waals surface area contributed by atoms with Gasteiger partial charge in [-0.1, -0.05) is 17.7 Å². The predicted octanol–water partition coefficient (Wildman–Crippen LogP) is 5.11. The molecule has 1 aliphatic rings. The Bertz CT molecular complexity index is 699. The fourth-order valence-corrected chi connectivity index (χ4v) is 4.22. The molecule has 0 aliphatic heterocycles. The lowest BCUT2D eigenvalue weighted by Crippen LogP contribution is -2.16. The molecule has 0 radical (unpaired) electrons. The molecule has 1 atom stereocenters. The summed E-state index contributed by atoms with van der Waals surface area (Å²) in [6, 6.07) is 7.35. The molecule has 110 valence electrons. The highest BCUT2D eigenvalue weighted by Gasteiger charge is 2.24. The summed E-state index contributed by atoms with van der Waals surface area (Å²) >= 11 is 7.75. The fourth-order valence-electron chi connectivity index (χ4n) is 2.84. The van der Waals surface area contributed by atoms with Gasteiger partial charge in [0, 0.05) is 22.2 Å². The topological polar surface area (TPSA) is 55.2 Å². The van der Waals surface area contributed by atoms with Crippen LogP contribution in [0, 0.1) is 17.0 Å². The molecule has 3 rings (SSSR count). The van der Waals surface area contributed by atoms with E-state index in [1.807, 2.05) is 12.1 Å². The van der Waals surface area contributed by atoms with Crippen molar-refractivity contribution in [2.24, 2.45) is 0 Å². The number of thiophene rings is 1. The zero-order valence-electron chi connectivity index (χ0n) is 11.6. The first kappa shape index (κ1) is 14.4. The Morgan fingerprint density at radius 3 is 3.05 bits per heavy atom. The van der Waals surface area contributed by atoms with Crippen LogP contribution in [0.4, 0.5) is 11.4 Å². The Morgan fingerprint density at radius 1 is 1.48 bits per heavy atom. The summed E-state index contributed by atoms with van der Waals surface area (Å²) in [5.41, 5.74) is 2.89. The summed E-state index contributed by atoms with van der Waals surface area (Å²) in [6.45, 7) is 1.78. The Balaban J connectivity index is 1.91. The van der Waals surface area contributed by atoms with Gasteiger partial charge in [-0.15, -0.1) is 11.3 Å². The minimum absolute atomic E-state index is 0.152. The van der Waals surface area contributed by atoms with Crippen molar-refractivity contribution in [3.63, 3.8) is 0 Å². The molecule has 1 N–H and O–H groups in total. The summed E-state index contributed by atoms with van der Waals surface area (Å²) in [6.07, 6.45) is 3.19. The molecule has 1 aliphatic carbocycles. The van der Waals surface area contributed by atoms with E-state index in [2.05, 4.69) is 5.32 Å². The second-order valence-corrected chi connectivity index (χ2v) is 6.99. The summed E-state index contributed by atoms with van der Waals surface area (Å²) in [5, 5.41) is 14.5. The van der Waals surface area contributed by atoms with Crippen LogP contribution in [0.15, 0.2) is 24.3 Å². The van der Waals surface area contributed by atoms with Gasteiger partial charge in [0.15, 0.2) is 0 Å². The van der Waals surface area contributed by atoms with Gasteiger partial charge < -0.3 is 5.32 Å². The Hall–Kier alpha value is -1.59. The highest BCUT2D eigenvalue weighted by Crippen LogP contribution is 2.40. The number of hydrogen-bond acceptors (Lipinski definition) is 4. The number of halogens is 1. The molecule has 0 fully saturated rings. The zero-order valence-corrected chi connectivity index (χ0v) is 13.1. The quantitative estimate of drug-likeness (QED) is 0.631. The molecule has 0 amide bonds. The minimum atomic E-state index is -0.339. The number of nitro groups is 1. The van der Waals surface area contributed by atoms with Gasteiger partial charge in [0.1, 0.15) is 0 Å². The summed E-state index contributed by atoms with van der Waals surface area (Å²) in [7, 11) is 0. The summed E-state index contributed by atoms with van der Waals surface area (Å²) in [5.74, 6) is 0. The van der Waals surface area contributed by atoms with Gasteiger partial charge in [0.25, 0.3) is 5.69 Å². The molecule has 4 nitrogen and oxygen atoms in total. The highest BCUT2D eigenvalue weighted by atomic mass is 35.5. The van der Waals surface area contributed by atoms with Crippen LogP contribution in [-0.4, -0.2) is 4.92 Å². The van der Waals surface area contributed by atoms with Crippen molar-refractivity contribution < 1.29 is 4.92 Å². The number of fused-ring (bicyclic) bond motifs is 1. The molecule has 1 aromatic carbocycles. The van der Waals surface area contributed by atoms with Crippen molar-refractivity contribution in [2.45, 2.75) is 32.2 Å². The third-order valence-corrected chi connectivity index (χ3v) is 5.25. The Labute approximate surface area is 131 Å². The predicted molar refractivity (Wildman–Crippen MR) is 86.5 cm³/mol. The van der Waals surface area contributed by atoms with Crippen molar-refractivity contribution in [1.29, 1.82) is 0 Å². The van der Waals surface area contributed by atoms with Gasteiger partial charge >= 0.3 is 0 Å². The molecule has 1 aromatic heterocycles. The number of rotatable bonds is 3. The van der Waals surface area contributed by atoms with Crippen molar-refractivity contribution in [3.8, 4) is 0 Å². The third kappa shape index (κ3) is 2.76. The molecule has 2 aromatic rings. The van der Waals surface area contributed by atoms with Crippen molar-refractivity contribution in [1.82, 2.24) is 0 Å². The van der Waals surface area contributed by atoms with Crippen LogP contribution in [0.2, 0.25) is 4.34 Å². The van der Waals surface area contributed by atoms with E-state index in [0.717, 1.165) is 29.3 Å². The van der Waals surface area contributed by atoms with Gasteiger partial charge in [0.2, 0.25) is 0 Å². The van der Waals surface area contributed by atoms with Crippen LogP contribution in [0.3, 0.4) is 0 Å². The first-order valence-corrected chi connectivity index (χ1v) is 8.04. The average molecular weight is 323 g/mol. The van der Waals surface area contributed by atoms with Gasteiger partial charge in [-0.25, -0.2) is 0 Å². The summed E-state index contributed by atoms with van der Waals surface area (Å²) < 4.78 is 0.810. The number of nitro benzene ring substituents is 1. The first-order valence-electron chi connectivity index (χ1n) is 6.85. The number of nitrogens with zero attached hydrogens (tertiary/aromatic N) is 1. The van der Waals surface area contributed by atoms with Gasteiger partial charge in [-0.3, -0.25) is 10.1 Å². The van der Waals surface area contributed by atoms with Crippen molar-refractivity contribution in [2.75, 3.05) is 5.32 Å². The van der Waals surface area contributed by atoms with Crippen LogP contribution in [0.5, 0.6) is 0 Å². The monoisotopic (exact) mass is 322 g/mol. The SMILES string of the molecule is Cc1c(NC2CCCc3sc(Cl)cc32)cccc1[N+](=O)[O-]. The molecular formula is C15H15ClN2O2S. The smallest absolute Gasteiger partial charge is 0.274 e. The zero-order chi connectivity index (χ0) is 15.0. The maximum atomic E-state index is 11.0. The highest BCUT2D eigenvalue weighted by molar-refractivity contribution is 7.16. The second-order valence-electron chi connectivity index (χ2n) is 5.22. The maximum Gasteiger partial charge on any atom is 0.274 e. The van der Waals surface area contributed by atoms with Gasteiger partial charge in [0.05, 0.1) is 15.3 Å². The number of benzene rings is 1. The molecule has 1 heterocycles. The Kier molecular flexibility index (Phi) is 3.87. The van der Waals surface area contributed by atoms with E-state index < -0.39 is 0 Å². The normalized spacial score (nSPS) is 17.3. The molecule has 21 heavy (non-hydrogen) atoms. The molecule has 6 heteroatoms. The third-order valence-electron chi connectivity index (χ3n) is 3.92. The van der Waals surface area contributed by atoms with E-state index in [9.17, 15) is 10.1 Å². The standard InChI is InChI=1S/C15H15ClN2O2S/c1-9-11(4-2-6-13(9)18(19)20)17-12-5-3-7-14-10(12)8-15(16)21-14/h2,4,6,8,12,17H,3,5,7H2,1H3. The van der Waals surface area contributed by atoms with Crippen LogP contribution < -0.4 is 5.32 Å². The van der Waals surface area contributed by atoms with Crippen LogP contribution in [0.25, 0.3) is 0 Å². The van der Waals surface area contributed by atoms with Crippen LogP contribution in [-0.2, 0) is 6.42 Å². The lowest BCUT2D eigenvalue weighted by molar-refractivity contribution is -0.385. The van der Waals surface area contributed by atoms with Crippen molar-refractivity contribution >= 4 is 34.3 Å². The molecule has 0 saturated carbocycles. The van der Waals surface area contributed by atoms with Crippen LogP contribution >= 0.6 is 22.9 Å².